The average molecular weight is 190 g/mol. The molecule has 0 aliphatic heterocycles. The molecule has 0 fully saturated rings. The van der Waals surface area contributed by atoms with Crippen LogP contribution in [0.3, 0.4) is 0 Å². The fourth-order valence-electron chi connectivity index (χ4n) is 1.20. The van der Waals surface area contributed by atoms with Crippen LogP contribution in [0.4, 0.5) is 0 Å². The molecular formula is C9H22N2O2. The lowest BCUT2D eigenvalue weighted by atomic mass is 10.4. The Kier molecular flexibility index (Phi) is 8.33. The number of hydrogen-bond acceptors (Lipinski definition) is 4. The first kappa shape index (κ1) is 12.8. The first-order valence-electron chi connectivity index (χ1n) is 4.90. The third-order valence-electron chi connectivity index (χ3n) is 2.17. The van der Waals surface area contributed by atoms with Gasteiger partial charge in [0.15, 0.2) is 0 Å². The molecule has 0 atom stereocenters. The smallest absolute Gasteiger partial charge is 0.0581 e. The molecule has 0 heterocycles. The van der Waals surface area contributed by atoms with Gasteiger partial charge >= 0.3 is 0 Å². The quantitative estimate of drug-likeness (QED) is 0.554. The van der Waals surface area contributed by atoms with Crippen molar-refractivity contribution in [1.82, 2.24) is 9.96 Å². The number of aliphatic hydroxyl groups excluding tert-OH is 1. The van der Waals surface area contributed by atoms with E-state index in [9.17, 15) is 0 Å². The van der Waals surface area contributed by atoms with Crippen LogP contribution in [0.5, 0.6) is 0 Å². The molecule has 0 aromatic rings. The Morgan fingerprint density at radius 1 is 1.08 bits per heavy atom. The summed E-state index contributed by atoms with van der Waals surface area (Å²) in [6.45, 7) is 8.98. The van der Waals surface area contributed by atoms with Crippen LogP contribution < -0.4 is 0 Å². The topological polar surface area (TPSA) is 35.9 Å². The van der Waals surface area contributed by atoms with Gasteiger partial charge in [0.05, 0.1) is 13.7 Å². The zero-order valence-corrected chi connectivity index (χ0v) is 8.99. The minimum absolute atomic E-state index is 0.145. The van der Waals surface area contributed by atoms with Crippen LogP contribution >= 0.6 is 0 Å². The molecule has 0 saturated heterocycles. The summed E-state index contributed by atoms with van der Waals surface area (Å²) >= 11 is 0. The molecular weight excluding hydrogens is 168 g/mol. The lowest BCUT2D eigenvalue weighted by Crippen LogP contribution is -2.35. The second-order valence-corrected chi connectivity index (χ2v) is 2.86. The first-order valence-corrected chi connectivity index (χ1v) is 4.90. The predicted molar refractivity (Wildman–Crippen MR) is 53.5 cm³/mol. The number of aliphatic hydroxyl groups is 1. The van der Waals surface area contributed by atoms with Gasteiger partial charge in [-0.15, -0.1) is 0 Å². The lowest BCUT2D eigenvalue weighted by Gasteiger charge is -2.23. The SMILES string of the molecule is CCN(CC)CCN(CCO)OC. The zero-order chi connectivity index (χ0) is 10.1. The van der Waals surface area contributed by atoms with E-state index in [1.807, 2.05) is 0 Å². The molecule has 0 aliphatic carbocycles. The third kappa shape index (κ3) is 5.99. The van der Waals surface area contributed by atoms with Gasteiger partial charge in [0.25, 0.3) is 0 Å². The molecule has 0 radical (unpaired) electrons. The fraction of sp³-hybridized carbons (Fsp3) is 1.00. The summed E-state index contributed by atoms with van der Waals surface area (Å²) in [6, 6.07) is 0. The first-order chi connectivity index (χ1) is 6.28. The van der Waals surface area contributed by atoms with Crippen molar-refractivity contribution in [3.63, 3.8) is 0 Å². The summed E-state index contributed by atoms with van der Waals surface area (Å²) in [5, 5.41) is 10.5. The Bertz CT molecular complexity index is 108. The summed E-state index contributed by atoms with van der Waals surface area (Å²) in [5.41, 5.74) is 0. The van der Waals surface area contributed by atoms with Crippen LogP contribution in [0.1, 0.15) is 13.8 Å². The highest BCUT2D eigenvalue weighted by atomic mass is 16.7. The molecule has 0 amide bonds. The van der Waals surface area contributed by atoms with Crippen molar-refractivity contribution in [3.8, 4) is 0 Å². The molecule has 13 heavy (non-hydrogen) atoms. The van der Waals surface area contributed by atoms with Crippen LogP contribution in [0.15, 0.2) is 0 Å². The highest BCUT2D eigenvalue weighted by Gasteiger charge is 2.04. The van der Waals surface area contributed by atoms with Gasteiger partial charge in [0, 0.05) is 19.6 Å². The van der Waals surface area contributed by atoms with Gasteiger partial charge in [-0.3, -0.25) is 0 Å². The summed E-state index contributed by atoms with van der Waals surface area (Å²) in [5.74, 6) is 0. The van der Waals surface area contributed by atoms with E-state index in [0.717, 1.165) is 26.2 Å². The van der Waals surface area contributed by atoms with Gasteiger partial charge in [-0.2, -0.15) is 5.06 Å². The molecule has 0 aromatic heterocycles. The second kappa shape index (κ2) is 8.44. The van der Waals surface area contributed by atoms with Crippen molar-refractivity contribution in [1.29, 1.82) is 0 Å². The van der Waals surface area contributed by atoms with E-state index in [-0.39, 0.29) is 6.61 Å². The Balaban J connectivity index is 3.56. The number of nitrogens with zero attached hydrogens (tertiary/aromatic N) is 2. The van der Waals surface area contributed by atoms with Crippen LogP contribution in [-0.4, -0.2) is 61.5 Å². The largest absolute Gasteiger partial charge is 0.395 e. The van der Waals surface area contributed by atoms with E-state index >= 15 is 0 Å². The maximum atomic E-state index is 8.71. The summed E-state index contributed by atoms with van der Waals surface area (Å²) < 4.78 is 0. The fourth-order valence-corrected chi connectivity index (χ4v) is 1.20. The van der Waals surface area contributed by atoms with Crippen molar-refractivity contribution in [2.45, 2.75) is 13.8 Å². The minimum Gasteiger partial charge on any atom is -0.395 e. The summed E-state index contributed by atoms with van der Waals surface area (Å²) in [4.78, 5) is 7.40. The van der Waals surface area contributed by atoms with Crippen LogP contribution in [0.25, 0.3) is 0 Å². The summed E-state index contributed by atoms with van der Waals surface area (Å²) in [7, 11) is 1.64. The van der Waals surface area contributed by atoms with Gasteiger partial charge in [-0.25, -0.2) is 0 Å². The zero-order valence-electron chi connectivity index (χ0n) is 8.99. The predicted octanol–water partition coefficient (Wildman–Crippen LogP) is 0.184. The Morgan fingerprint density at radius 3 is 2.08 bits per heavy atom. The number of hydroxylamine groups is 2. The van der Waals surface area contributed by atoms with Crippen LogP contribution in [0, 0.1) is 0 Å². The standard InChI is InChI=1S/C9H22N2O2/c1-4-10(5-2)6-7-11(13-3)8-9-12/h12H,4-9H2,1-3H3. The molecule has 0 spiro atoms. The van der Waals surface area contributed by atoms with Crippen molar-refractivity contribution in [3.05, 3.63) is 0 Å². The summed E-state index contributed by atoms with van der Waals surface area (Å²) in [6.07, 6.45) is 0. The Hall–Kier alpha value is -0.160. The van der Waals surface area contributed by atoms with Gasteiger partial charge < -0.3 is 14.8 Å². The number of likely N-dealkylation sites (N-methyl/N-ethyl adjacent to an activating group) is 1. The van der Waals surface area contributed by atoms with E-state index in [0.29, 0.717) is 6.54 Å². The maximum absolute atomic E-state index is 8.71. The van der Waals surface area contributed by atoms with E-state index in [4.69, 9.17) is 9.94 Å². The molecule has 0 unspecified atom stereocenters. The van der Waals surface area contributed by atoms with Gasteiger partial charge in [0.1, 0.15) is 0 Å². The molecule has 4 heteroatoms. The maximum Gasteiger partial charge on any atom is 0.0581 e. The number of hydrogen-bond donors (Lipinski definition) is 1. The van der Waals surface area contributed by atoms with E-state index < -0.39 is 0 Å². The van der Waals surface area contributed by atoms with Gasteiger partial charge in [-0.05, 0) is 13.1 Å². The molecule has 0 bridgehead atoms. The average Bonchev–Trinajstić information content (AvgIpc) is 2.17. The lowest BCUT2D eigenvalue weighted by molar-refractivity contribution is -0.139. The molecule has 1 N–H and O–H groups in total. The van der Waals surface area contributed by atoms with E-state index in [1.165, 1.54) is 0 Å². The molecule has 0 saturated carbocycles. The van der Waals surface area contributed by atoms with Gasteiger partial charge in [-0.1, -0.05) is 13.8 Å². The molecule has 0 aromatic carbocycles. The highest BCUT2D eigenvalue weighted by Crippen LogP contribution is 1.91. The van der Waals surface area contributed by atoms with Crippen molar-refractivity contribution >= 4 is 0 Å². The van der Waals surface area contributed by atoms with Crippen LogP contribution in [-0.2, 0) is 4.84 Å². The molecule has 0 aliphatic rings. The van der Waals surface area contributed by atoms with Gasteiger partial charge in [0.2, 0.25) is 0 Å². The van der Waals surface area contributed by atoms with Crippen molar-refractivity contribution in [2.75, 3.05) is 46.4 Å². The molecule has 0 rings (SSSR count). The van der Waals surface area contributed by atoms with Crippen molar-refractivity contribution in [2.24, 2.45) is 0 Å². The Morgan fingerprint density at radius 2 is 1.69 bits per heavy atom. The Labute approximate surface area is 81.0 Å². The van der Waals surface area contributed by atoms with Crippen molar-refractivity contribution < 1.29 is 9.94 Å². The highest BCUT2D eigenvalue weighted by molar-refractivity contribution is 4.54. The molecule has 80 valence electrons. The second-order valence-electron chi connectivity index (χ2n) is 2.86. The monoisotopic (exact) mass is 190 g/mol. The van der Waals surface area contributed by atoms with Crippen LogP contribution in [0.2, 0.25) is 0 Å². The van der Waals surface area contributed by atoms with E-state index in [1.54, 1.807) is 12.2 Å². The number of rotatable bonds is 8. The minimum atomic E-state index is 0.145. The third-order valence-corrected chi connectivity index (χ3v) is 2.17. The van der Waals surface area contributed by atoms with E-state index in [2.05, 4.69) is 18.7 Å². The molecule has 4 nitrogen and oxygen atoms in total. The normalized spacial score (nSPS) is 11.5.